The average molecular weight is 549 g/mol. The van der Waals surface area contributed by atoms with Crippen molar-refractivity contribution in [2.75, 3.05) is 21.5 Å². The summed E-state index contributed by atoms with van der Waals surface area (Å²) in [7, 11) is -3.91. The number of benzene rings is 1. The Morgan fingerprint density at radius 2 is 1.76 bits per heavy atom. The number of nitriles is 2. The van der Waals surface area contributed by atoms with Crippen molar-refractivity contribution in [3.05, 3.63) is 71.4 Å². The molecule has 11 nitrogen and oxygen atoms in total. The smallest absolute Gasteiger partial charge is 0.264 e. The van der Waals surface area contributed by atoms with Crippen LogP contribution in [0.1, 0.15) is 11.1 Å². The van der Waals surface area contributed by atoms with Crippen LogP contribution in [0, 0.1) is 22.7 Å². The van der Waals surface area contributed by atoms with E-state index in [2.05, 4.69) is 31.1 Å². The highest BCUT2D eigenvalue weighted by atomic mass is 32.2. The molecule has 4 rings (SSSR count). The topological polar surface area (TPSA) is 188 Å². The van der Waals surface area contributed by atoms with Crippen molar-refractivity contribution in [1.82, 2.24) is 15.0 Å². The summed E-state index contributed by atoms with van der Waals surface area (Å²) >= 11 is 2.36. The highest BCUT2D eigenvalue weighted by Gasteiger charge is 2.22. The number of pyridine rings is 1. The second-order valence-electron chi connectivity index (χ2n) is 7.17. The van der Waals surface area contributed by atoms with E-state index in [4.69, 9.17) is 5.73 Å². The second-order valence-corrected chi connectivity index (χ2v) is 10.8. The number of thiophene rings is 1. The number of carbonyl (C=O) groups is 1. The van der Waals surface area contributed by atoms with Crippen LogP contribution in [0.2, 0.25) is 0 Å². The molecule has 37 heavy (non-hydrogen) atoms. The average Bonchev–Trinajstić information content (AvgIpc) is 3.42. The maximum atomic E-state index is 12.6. The van der Waals surface area contributed by atoms with E-state index in [1.54, 1.807) is 18.2 Å². The Kier molecular flexibility index (Phi) is 7.64. The van der Waals surface area contributed by atoms with E-state index in [-0.39, 0.29) is 38.6 Å². The van der Waals surface area contributed by atoms with Gasteiger partial charge in [-0.3, -0.25) is 4.79 Å². The first-order chi connectivity index (χ1) is 17.8. The normalized spacial score (nSPS) is 10.8. The van der Waals surface area contributed by atoms with Gasteiger partial charge in [0.15, 0.2) is 0 Å². The lowest BCUT2D eigenvalue weighted by Gasteiger charge is -2.12. The van der Waals surface area contributed by atoms with Crippen LogP contribution in [0.3, 0.4) is 0 Å². The Morgan fingerprint density at radius 3 is 2.38 bits per heavy atom. The number of rotatable bonds is 8. The maximum Gasteiger partial charge on any atom is 0.264 e. The number of hydrogen-bond acceptors (Lipinski definition) is 11. The van der Waals surface area contributed by atoms with Crippen LogP contribution in [-0.4, -0.2) is 35.0 Å². The Bertz CT molecular complexity index is 1630. The molecule has 1 amide bonds. The van der Waals surface area contributed by atoms with Crippen molar-refractivity contribution in [3.8, 4) is 22.6 Å². The number of thioether (sulfide) groups is 1. The fourth-order valence-corrected chi connectivity index (χ4v) is 5.68. The fraction of sp³-hybridized carbons (Fsp3) is 0.0435. The molecule has 0 radical (unpaired) electrons. The summed E-state index contributed by atoms with van der Waals surface area (Å²) in [6, 6.07) is 14.8. The van der Waals surface area contributed by atoms with Gasteiger partial charge in [0.25, 0.3) is 10.0 Å². The third kappa shape index (κ3) is 5.84. The van der Waals surface area contributed by atoms with Crippen LogP contribution >= 0.6 is 23.1 Å². The highest BCUT2D eigenvalue weighted by molar-refractivity contribution is 8.00. The number of nitrogens with two attached hydrogens (primary N) is 1. The van der Waals surface area contributed by atoms with Crippen molar-refractivity contribution >= 4 is 56.5 Å². The number of sulfonamides is 1. The monoisotopic (exact) mass is 548 g/mol. The number of anilines is 3. The van der Waals surface area contributed by atoms with Crippen LogP contribution < -0.4 is 15.8 Å². The van der Waals surface area contributed by atoms with Gasteiger partial charge in [0.2, 0.25) is 11.9 Å². The molecule has 0 aliphatic carbocycles. The second kappa shape index (κ2) is 11.0. The summed E-state index contributed by atoms with van der Waals surface area (Å²) in [6.45, 7) is 0. The third-order valence-corrected chi connectivity index (χ3v) is 7.97. The molecular formula is C23H16N8O3S3. The summed E-state index contributed by atoms with van der Waals surface area (Å²) in [5.41, 5.74) is 7.00. The molecule has 0 saturated heterocycles. The molecule has 4 aromatic rings. The van der Waals surface area contributed by atoms with Gasteiger partial charge in [-0.15, -0.1) is 11.3 Å². The number of nitrogens with one attached hydrogen (secondary N) is 2. The summed E-state index contributed by atoms with van der Waals surface area (Å²) < 4.78 is 27.3. The van der Waals surface area contributed by atoms with Crippen molar-refractivity contribution < 1.29 is 13.2 Å². The van der Waals surface area contributed by atoms with Gasteiger partial charge in [0.1, 0.15) is 28.5 Å². The number of nitrogen functional groups attached to an aromatic ring is 1. The Morgan fingerprint density at radius 1 is 1.05 bits per heavy atom. The van der Waals surface area contributed by atoms with Crippen LogP contribution in [0.25, 0.3) is 10.4 Å². The molecule has 3 heterocycles. The van der Waals surface area contributed by atoms with Crippen LogP contribution in [0.5, 0.6) is 0 Å². The zero-order valence-electron chi connectivity index (χ0n) is 18.7. The van der Waals surface area contributed by atoms with E-state index in [9.17, 15) is 23.7 Å². The summed E-state index contributed by atoms with van der Waals surface area (Å²) in [6.07, 6.45) is 2.82. The lowest BCUT2D eigenvalue weighted by Crippen LogP contribution is -2.16. The molecule has 0 bridgehead atoms. The largest absolute Gasteiger partial charge is 0.383 e. The molecule has 0 aliphatic rings. The zero-order chi connectivity index (χ0) is 26.4. The summed E-state index contributed by atoms with van der Waals surface area (Å²) in [4.78, 5) is 25.0. The molecule has 1 aromatic carbocycles. The Labute approximate surface area is 220 Å². The minimum atomic E-state index is -3.91. The van der Waals surface area contributed by atoms with E-state index >= 15 is 0 Å². The molecule has 4 N–H and O–H groups in total. The van der Waals surface area contributed by atoms with Gasteiger partial charge in [-0.25, -0.2) is 28.1 Å². The van der Waals surface area contributed by atoms with Crippen LogP contribution in [0.15, 0.2) is 70.2 Å². The number of carbonyl (C=O) groups excluding carboxylic acids is 1. The first-order valence-electron chi connectivity index (χ1n) is 10.3. The molecule has 184 valence electrons. The lowest BCUT2D eigenvalue weighted by molar-refractivity contribution is -0.113. The molecule has 0 aliphatic heterocycles. The highest BCUT2D eigenvalue weighted by Crippen LogP contribution is 2.37. The maximum absolute atomic E-state index is 12.6. The quantitative estimate of drug-likeness (QED) is 0.275. The number of nitrogens with zero attached hydrogens (tertiary/aromatic N) is 5. The number of hydrogen-bond donors (Lipinski definition) is 3. The molecule has 0 spiro atoms. The SMILES string of the molecule is N#Cc1c(N)nc(SCC(=O)Nc2ccc(S(=O)(=O)Nc3ncccn3)cc2)c(C#N)c1-c1cccs1. The lowest BCUT2D eigenvalue weighted by atomic mass is 10.0. The molecule has 14 heteroatoms. The van der Waals surface area contributed by atoms with Gasteiger partial charge < -0.3 is 11.1 Å². The van der Waals surface area contributed by atoms with E-state index in [1.165, 1.54) is 48.0 Å². The molecule has 3 aromatic heterocycles. The standard InChI is InChI=1S/C23H16N8O3S3/c24-11-16-20(18-3-1-10-35-18)17(12-25)22(30-21(16)26)36-13-19(32)29-14-4-6-15(7-5-14)37(33,34)31-23-27-8-2-9-28-23/h1-10H,13H2,(H2,26,30)(H,29,32)(H,27,28,31). The van der Waals surface area contributed by atoms with Crippen LogP contribution in [-0.2, 0) is 14.8 Å². The minimum absolute atomic E-state index is 0.0286. The number of amides is 1. The van der Waals surface area contributed by atoms with Gasteiger partial charge in [0, 0.05) is 28.5 Å². The molecule has 0 unspecified atom stereocenters. The third-order valence-electron chi connectivity index (χ3n) is 4.76. The van der Waals surface area contributed by atoms with Crippen molar-refractivity contribution in [2.45, 2.75) is 9.92 Å². The van der Waals surface area contributed by atoms with Gasteiger partial charge in [0.05, 0.1) is 16.2 Å². The molecular weight excluding hydrogens is 533 g/mol. The zero-order valence-corrected chi connectivity index (χ0v) is 21.2. The predicted octanol–water partition coefficient (Wildman–Crippen LogP) is 3.46. The number of aromatic nitrogens is 3. The summed E-state index contributed by atoms with van der Waals surface area (Å²) in [5, 5.41) is 24.0. The van der Waals surface area contributed by atoms with Gasteiger partial charge in [-0.1, -0.05) is 17.8 Å². The minimum Gasteiger partial charge on any atom is -0.383 e. The van der Waals surface area contributed by atoms with Crippen LogP contribution in [0.4, 0.5) is 17.5 Å². The molecule has 0 fully saturated rings. The van der Waals surface area contributed by atoms with E-state index in [0.717, 1.165) is 11.8 Å². The predicted molar refractivity (Wildman–Crippen MR) is 140 cm³/mol. The Balaban J connectivity index is 1.46. The van der Waals surface area contributed by atoms with E-state index in [0.29, 0.717) is 16.1 Å². The Hall–Kier alpha value is -4.50. The van der Waals surface area contributed by atoms with Crippen molar-refractivity contribution in [1.29, 1.82) is 10.5 Å². The van der Waals surface area contributed by atoms with Crippen molar-refractivity contribution in [3.63, 3.8) is 0 Å². The first kappa shape index (κ1) is 25.6. The summed E-state index contributed by atoms with van der Waals surface area (Å²) in [5.74, 6) is -0.612. The fourth-order valence-electron chi connectivity index (χ4n) is 3.15. The van der Waals surface area contributed by atoms with E-state index < -0.39 is 15.9 Å². The van der Waals surface area contributed by atoms with Gasteiger partial charge in [-0.2, -0.15) is 10.5 Å². The molecule has 0 atom stereocenters. The molecule has 0 saturated carbocycles. The first-order valence-corrected chi connectivity index (χ1v) is 13.7. The van der Waals surface area contributed by atoms with E-state index in [1.807, 2.05) is 11.4 Å². The van der Waals surface area contributed by atoms with Gasteiger partial charge >= 0.3 is 0 Å². The van der Waals surface area contributed by atoms with Crippen molar-refractivity contribution in [2.24, 2.45) is 0 Å². The van der Waals surface area contributed by atoms with Gasteiger partial charge in [-0.05, 0) is 41.8 Å².